The number of aliphatic hydroxyl groups excluding tert-OH is 1. The minimum atomic E-state index is -0.252. The van der Waals surface area contributed by atoms with Gasteiger partial charge in [-0.15, -0.1) is 0 Å². The van der Waals surface area contributed by atoms with Crippen molar-refractivity contribution in [1.29, 1.82) is 0 Å². The molecular weight excluding hydrogens is 328 g/mol. The first-order chi connectivity index (χ1) is 11.6. The first-order valence-electron chi connectivity index (χ1n) is 7.83. The van der Waals surface area contributed by atoms with E-state index in [2.05, 4.69) is 20.7 Å². The van der Waals surface area contributed by atoms with E-state index >= 15 is 0 Å². The number of aromatic nitrogens is 1. The van der Waals surface area contributed by atoms with Crippen LogP contribution in [-0.2, 0) is 0 Å². The Labute approximate surface area is 145 Å². The van der Waals surface area contributed by atoms with Gasteiger partial charge in [-0.05, 0) is 43.2 Å². The maximum absolute atomic E-state index is 12.2. The molecule has 0 unspecified atom stereocenters. The summed E-state index contributed by atoms with van der Waals surface area (Å²) in [6, 6.07) is 10.7. The van der Waals surface area contributed by atoms with E-state index in [1.165, 1.54) is 0 Å². The van der Waals surface area contributed by atoms with Crippen molar-refractivity contribution in [2.45, 2.75) is 18.9 Å². The fraction of sp³-hybridized carbons (Fsp3) is 0.294. The summed E-state index contributed by atoms with van der Waals surface area (Å²) in [6.45, 7) is 1.66. The number of amides is 1. The van der Waals surface area contributed by atoms with E-state index in [4.69, 9.17) is 11.6 Å². The summed E-state index contributed by atoms with van der Waals surface area (Å²) in [5.41, 5.74) is 6.93. The lowest BCUT2D eigenvalue weighted by molar-refractivity contribution is 0.0962. The number of pyridine rings is 1. The van der Waals surface area contributed by atoms with Crippen LogP contribution in [0.25, 0.3) is 0 Å². The predicted octanol–water partition coefficient (Wildman–Crippen LogP) is 2.45. The Balaban J connectivity index is 1.57. The number of nitrogens with one attached hydrogen (secondary N) is 2. The van der Waals surface area contributed by atoms with Crippen molar-refractivity contribution in [3.8, 4) is 0 Å². The maximum Gasteiger partial charge on any atom is 0.269 e. The first kappa shape index (κ1) is 16.5. The number of hydrazine groups is 1. The number of hydrogen-bond donors (Lipinski definition) is 3. The van der Waals surface area contributed by atoms with Crippen molar-refractivity contribution in [3.63, 3.8) is 0 Å². The highest BCUT2D eigenvalue weighted by Gasteiger charge is 2.17. The molecule has 1 fully saturated rings. The Kier molecular flexibility index (Phi) is 5.17. The molecule has 1 aromatic heterocycles. The highest BCUT2D eigenvalue weighted by molar-refractivity contribution is 6.30. The molecule has 24 heavy (non-hydrogen) atoms. The SMILES string of the molecule is O=C(NNc1cc(Cl)ccn1)c1ccc(N2CCC(O)CC2)cc1. The molecule has 3 N–H and O–H groups in total. The van der Waals surface area contributed by atoms with Crippen molar-refractivity contribution in [1.82, 2.24) is 10.4 Å². The molecule has 0 radical (unpaired) electrons. The molecule has 6 nitrogen and oxygen atoms in total. The monoisotopic (exact) mass is 346 g/mol. The Morgan fingerprint density at radius 1 is 1.21 bits per heavy atom. The number of piperidine rings is 1. The number of carbonyl (C=O) groups excluding carboxylic acids is 1. The van der Waals surface area contributed by atoms with Gasteiger partial charge in [0, 0.05) is 41.6 Å². The summed E-state index contributed by atoms with van der Waals surface area (Å²) in [4.78, 5) is 18.4. The average molecular weight is 347 g/mol. The van der Waals surface area contributed by atoms with E-state index in [-0.39, 0.29) is 12.0 Å². The zero-order valence-corrected chi connectivity index (χ0v) is 13.8. The standard InChI is InChI=1S/C17H19ClN4O2/c18-13-5-8-19-16(11-13)20-21-17(24)12-1-3-14(4-2-12)22-9-6-15(23)7-10-22/h1-5,8,11,15,23H,6-7,9-10H2,(H,19,20)(H,21,24). The van der Waals surface area contributed by atoms with Gasteiger partial charge in [-0.3, -0.25) is 15.6 Å². The number of halogens is 1. The van der Waals surface area contributed by atoms with E-state index in [9.17, 15) is 9.90 Å². The summed E-state index contributed by atoms with van der Waals surface area (Å²) >= 11 is 5.86. The topological polar surface area (TPSA) is 77.5 Å². The second kappa shape index (κ2) is 7.51. The molecule has 1 amide bonds. The first-order valence-corrected chi connectivity index (χ1v) is 8.20. The second-order valence-corrected chi connectivity index (χ2v) is 6.14. The molecule has 0 saturated carbocycles. The quantitative estimate of drug-likeness (QED) is 0.741. The minimum Gasteiger partial charge on any atom is -0.393 e. The molecule has 0 atom stereocenters. The molecule has 7 heteroatoms. The van der Waals surface area contributed by atoms with Crippen molar-refractivity contribution >= 4 is 29.0 Å². The van der Waals surface area contributed by atoms with Crippen LogP contribution in [0.1, 0.15) is 23.2 Å². The molecule has 2 aromatic rings. The van der Waals surface area contributed by atoms with Gasteiger partial charge in [0.2, 0.25) is 0 Å². The van der Waals surface area contributed by atoms with Gasteiger partial charge < -0.3 is 10.0 Å². The van der Waals surface area contributed by atoms with Gasteiger partial charge in [-0.25, -0.2) is 4.98 Å². The number of benzene rings is 1. The van der Waals surface area contributed by atoms with Crippen LogP contribution in [-0.4, -0.2) is 35.2 Å². The van der Waals surface area contributed by atoms with Crippen LogP contribution >= 0.6 is 11.6 Å². The van der Waals surface area contributed by atoms with Crippen LogP contribution in [0.5, 0.6) is 0 Å². The van der Waals surface area contributed by atoms with Gasteiger partial charge in [0.15, 0.2) is 0 Å². The van der Waals surface area contributed by atoms with E-state index in [1.54, 1.807) is 30.5 Å². The number of rotatable bonds is 4. The second-order valence-electron chi connectivity index (χ2n) is 5.70. The molecule has 0 aliphatic carbocycles. The molecule has 1 saturated heterocycles. The van der Waals surface area contributed by atoms with Crippen molar-refractivity contribution < 1.29 is 9.90 Å². The third-order valence-electron chi connectivity index (χ3n) is 3.99. The van der Waals surface area contributed by atoms with Crippen LogP contribution in [0.15, 0.2) is 42.6 Å². The number of nitrogens with zero attached hydrogens (tertiary/aromatic N) is 2. The van der Waals surface area contributed by atoms with Crippen LogP contribution in [0.3, 0.4) is 0 Å². The van der Waals surface area contributed by atoms with Crippen LogP contribution in [0.4, 0.5) is 11.5 Å². The fourth-order valence-corrected chi connectivity index (χ4v) is 2.77. The Bertz CT molecular complexity index is 700. The number of hydrogen-bond acceptors (Lipinski definition) is 5. The number of aliphatic hydroxyl groups is 1. The zero-order valence-electron chi connectivity index (χ0n) is 13.1. The van der Waals surface area contributed by atoms with Crippen LogP contribution in [0.2, 0.25) is 5.02 Å². The summed E-state index contributed by atoms with van der Waals surface area (Å²) in [5.74, 6) is 0.219. The number of carbonyl (C=O) groups is 1. The van der Waals surface area contributed by atoms with Gasteiger partial charge >= 0.3 is 0 Å². The Morgan fingerprint density at radius 3 is 2.58 bits per heavy atom. The smallest absolute Gasteiger partial charge is 0.269 e. The molecule has 2 heterocycles. The summed E-state index contributed by atoms with van der Waals surface area (Å²) in [5, 5.41) is 10.1. The molecule has 0 bridgehead atoms. The molecule has 1 aliphatic rings. The van der Waals surface area contributed by atoms with E-state index in [1.807, 2.05) is 12.1 Å². The lowest BCUT2D eigenvalue weighted by Crippen LogP contribution is -2.35. The predicted molar refractivity (Wildman–Crippen MR) is 94.2 cm³/mol. The van der Waals surface area contributed by atoms with Crippen molar-refractivity contribution in [2.75, 3.05) is 23.4 Å². The summed E-state index contributed by atoms with van der Waals surface area (Å²) < 4.78 is 0. The highest BCUT2D eigenvalue weighted by atomic mass is 35.5. The molecule has 1 aliphatic heterocycles. The molecular formula is C17H19ClN4O2. The Morgan fingerprint density at radius 2 is 1.92 bits per heavy atom. The average Bonchev–Trinajstić information content (AvgIpc) is 2.61. The lowest BCUT2D eigenvalue weighted by atomic mass is 10.1. The maximum atomic E-state index is 12.2. The Hall–Kier alpha value is -2.31. The van der Waals surface area contributed by atoms with Gasteiger partial charge in [-0.2, -0.15) is 0 Å². The van der Waals surface area contributed by atoms with E-state index in [0.717, 1.165) is 31.6 Å². The normalized spacial score (nSPS) is 15.2. The van der Waals surface area contributed by atoms with Gasteiger partial charge in [0.1, 0.15) is 5.82 Å². The van der Waals surface area contributed by atoms with Crippen LogP contribution < -0.4 is 15.8 Å². The molecule has 126 valence electrons. The van der Waals surface area contributed by atoms with E-state index < -0.39 is 0 Å². The highest BCUT2D eigenvalue weighted by Crippen LogP contribution is 2.20. The van der Waals surface area contributed by atoms with Crippen molar-refractivity contribution in [3.05, 3.63) is 53.2 Å². The third-order valence-corrected chi connectivity index (χ3v) is 4.22. The molecule has 0 spiro atoms. The zero-order chi connectivity index (χ0) is 16.9. The van der Waals surface area contributed by atoms with Gasteiger partial charge in [0.25, 0.3) is 5.91 Å². The molecule has 1 aromatic carbocycles. The third kappa shape index (κ3) is 4.15. The fourth-order valence-electron chi connectivity index (χ4n) is 2.61. The lowest BCUT2D eigenvalue weighted by Gasteiger charge is -2.31. The van der Waals surface area contributed by atoms with Crippen LogP contribution in [0, 0.1) is 0 Å². The van der Waals surface area contributed by atoms with Gasteiger partial charge in [0.05, 0.1) is 6.10 Å². The van der Waals surface area contributed by atoms with Gasteiger partial charge in [-0.1, -0.05) is 11.6 Å². The summed E-state index contributed by atoms with van der Waals surface area (Å²) in [7, 11) is 0. The van der Waals surface area contributed by atoms with E-state index in [0.29, 0.717) is 16.4 Å². The van der Waals surface area contributed by atoms with Crippen molar-refractivity contribution in [2.24, 2.45) is 0 Å². The minimum absolute atomic E-state index is 0.197. The summed E-state index contributed by atoms with van der Waals surface area (Å²) in [6.07, 6.45) is 2.91. The largest absolute Gasteiger partial charge is 0.393 e. The molecule has 3 rings (SSSR count). The number of anilines is 2.